The molecule has 5 aromatic rings. The second-order valence-electron chi connectivity index (χ2n) is 14.1. The van der Waals surface area contributed by atoms with Gasteiger partial charge in [-0.2, -0.15) is 0 Å². The van der Waals surface area contributed by atoms with Gasteiger partial charge in [-0.1, -0.05) is 82.9 Å². The summed E-state index contributed by atoms with van der Waals surface area (Å²) in [5.41, 5.74) is 5.57. The van der Waals surface area contributed by atoms with Crippen molar-refractivity contribution >= 4 is 33.7 Å². The van der Waals surface area contributed by atoms with E-state index in [1.165, 1.54) is 38.5 Å². The van der Waals surface area contributed by atoms with Crippen LogP contribution in [-0.2, 0) is 27.7 Å². The van der Waals surface area contributed by atoms with Crippen molar-refractivity contribution in [2.24, 2.45) is 23.9 Å². The quantitative estimate of drug-likeness (QED) is 0.0419. The lowest BCUT2D eigenvalue weighted by molar-refractivity contribution is -0.0198. The molecule has 3 aromatic heterocycles. The van der Waals surface area contributed by atoms with E-state index in [9.17, 15) is 0 Å². The molecule has 4 heterocycles. The summed E-state index contributed by atoms with van der Waals surface area (Å²) in [7, 11) is 2.01. The predicted octanol–water partition coefficient (Wildman–Crippen LogP) is 8.32. The number of guanidine groups is 1. The highest BCUT2D eigenvalue weighted by atomic mass is 16.7. The number of nitrogens with one attached hydrogen (secondary N) is 1. The first-order chi connectivity index (χ1) is 26.8. The average Bonchev–Trinajstić information content (AvgIpc) is 3.95. The van der Waals surface area contributed by atoms with Gasteiger partial charge in [0, 0.05) is 56.1 Å². The predicted molar refractivity (Wildman–Crippen MR) is 217 cm³/mol. The number of anilines is 1. The van der Waals surface area contributed by atoms with Crippen molar-refractivity contribution < 1.29 is 14.2 Å². The number of hydrogen-bond donors (Lipinski definition) is 1. The number of nitrogens with zero attached hydrogens (tertiary/aromatic N) is 9. The van der Waals surface area contributed by atoms with E-state index in [2.05, 4.69) is 64.2 Å². The van der Waals surface area contributed by atoms with Crippen LogP contribution in [0.15, 0.2) is 103 Å². The fraction of sp³-hybridized carbons (Fsp3) is 0.429. The van der Waals surface area contributed by atoms with E-state index < -0.39 is 0 Å². The molecule has 0 aliphatic carbocycles. The Morgan fingerprint density at radius 3 is 2.55 bits per heavy atom. The minimum Gasteiger partial charge on any atom is -0.498 e. The molecule has 6 rings (SSSR count). The number of para-hydroxylation sites is 1. The van der Waals surface area contributed by atoms with Crippen LogP contribution in [0.2, 0.25) is 0 Å². The lowest BCUT2D eigenvalue weighted by atomic mass is 9.89. The molecule has 1 aliphatic heterocycles. The van der Waals surface area contributed by atoms with Crippen LogP contribution in [0.4, 0.5) is 5.69 Å². The third-order valence-corrected chi connectivity index (χ3v) is 10.2. The van der Waals surface area contributed by atoms with Crippen molar-refractivity contribution in [3.8, 4) is 5.69 Å². The summed E-state index contributed by atoms with van der Waals surface area (Å²) in [5, 5.41) is 12.3. The number of aromatic nitrogens is 7. The van der Waals surface area contributed by atoms with Crippen LogP contribution in [-0.4, -0.2) is 71.9 Å². The minimum absolute atomic E-state index is 0.0361. The van der Waals surface area contributed by atoms with Gasteiger partial charge in [-0.05, 0) is 43.7 Å². The molecular formula is C42H54N10O3. The monoisotopic (exact) mass is 746 g/mol. The minimum atomic E-state index is -0.0577. The molecule has 13 heteroatoms. The maximum atomic E-state index is 6.25. The van der Waals surface area contributed by atoms with Gasteiger partial charge in [0.25, 0.3) is 0 Å². The number of unbranched alkanes of at least 4 members (excludes halogenated alkanes) is 6. The number of aliphatic imine (C=N–C) groups is 1. The number of imidazole rings is 1. The van der Waals surface area contributed by atoms with Crippen LogP contribution in [0.1, 0.15) is 70.9 Å². The molecule has 55 heavy (non-hydrogen) atoms. The summed E-state index contributed by atoms with van der Waals surface area (Å²) in [4.78, 5) is 20.1. The first kappa shape index (κ1) is 39.0. The van der Waals surface area contributed by atoms with Crippen molar-refractivity contribution in [3.63, 3.8) is 0 Å². The number of benzene rings is 2. The number of aryl methyl sites for hydroxylation is 1. The van der Waals surface area contributed by atoms with E-state index >= 15 is 0 Å². The summed E-state index contributed by atoms with van der Waals surface area (Å²) >= 11 is 0. The molecule has 1 aliphatic rings. The molecule has 1 unspecified atom stereocenters. The van der Waals surface area contributed by atoms with Gasteiger partial charge in [-0.3, -0.25) is 19.9 Å². The molecule has 0 saturated heterocycles. The van der Waals surface area contributed by atoms with Gasteiger partial charge in [0.1, 0.15) is 16.7 Å². The van der Waals surface area contributed by atoms with E-state index in [-0.39, 0.29) is 18.6 Å². The molecule has 2 aromatic carbocycles. The molecule has 0 amide bonds. The van der Waals surface area contributed by atoms with Crippen molar-refractivity contribution in [2.75, 3.05) is 31.8 Å². The van der Waals surface area contributed by atoms with E-state index in [0.717, 1.165) is 53.0 Å². The summed E-state index contributed by atoms with van der Waals surface area (Å²) in [6, 6.07) is 11.6. The first-order valence-corrected chi connectivity index (χ1v) is 19.4. The number of fused-ring (bicyclic) bond motifs is 2. The van der Waals surface area contributed by atoms with Crippen molar-refractivity contribution in [2.45, 2.75) is 71.6 Å². The molecule has 2 atom stereocenters. The van der Waals surface area contributed by atoms with Crippen LogP contribution >= 0.6 is 0 Å². The highest BCUT2D eigenvalue weighted by molar-refractivity contribution is 6.02. The molecule has 0 spiro atoms. The van der Waals surface area contributed by atoms with E-state index in [1.807, 2.05) is 65.4 Å². The van der Waals surface area contributed by atoms with Crippen LogP contribution in [0.5, 0.6) is 0 Å². The Balaban J connectivity index is 1.05. The Morgan fingerprint density at radius 2 is 1.73 bits per heavy atom. The van der Waals surface area contributed by atoms with Gasteiger partial charge in [-0.15, -0.1) is 5.10 Å². The lowest BCUT2D eigenvalue weighted by Crippen LogP contribution is -2.33. The van der Waals surface area contributed by atoms with Crippen LogP contribution in [0, 0.1) is 11.8 Å². The number of hydrogen-bond acceptors (Lipinski definition) is 11. The van der Waals surface area contributed by atoms with Crippen molar-refractivity contribution in [1.82, 2.24) is 39.4 Å². The summed E-state index contributed by atoms with van der Waals surface area (Å²) in [6.07, 6.45) is 17.5. The second-order valence-corrected chi connectivity index (χ2v) is 14.1. The van der Waals surface area contributed by atoms with E-state index in [1.54, 1.807) is 17.1 Å². The van der Waals surface area contributed by atoms with Gasteiger partial charge in [0.15, 0.2) is 5.88 Å². The van der Waals surface area contributed by atoms with Gasteiger partial charge >= 0.3 is 0 Å². The Kier molecular flexibility index (Phi) is 13.5. The van der Waals surface area contributed by atoms with Crippen LogP contribution in [0.3, 0.4) is 0 Å². The van der Waals surface area contributed by atoms with Crippen molar-refractivity contribution in [3.05, 3.63) is 104 Å². The summed E-state index contributed by atoms with van der Waals surface area (Å²) in [6.45, 7) is 18.7. The van der Waals surface area contributed by atoms with Crippen LogP contribution < -0.4 is 5.32 Å². The highest BCUT2D eigenvalue weighted by Crippen LogP contribution is 2.31. The summed E-state index contributed by atoms with van der Waals surface area (Å²) < 4.78 is 22.2. The molecule has 0 radical (unpaired) electrons. The zero-order valence-electron chi connectivity index (χ0n) is 32.5. The van der Waals surface area contributed by atoms with Crippen LogP contribution in [0.25, 0.3) is 27.8 Å². The molecule has 290 valence electrons. The zero-order valence-corrected chi connectivity index (χ0v) is 32.5. The number of allylic oxidation sites excluding steroid dienone is 2. The maximum absolute atomic E-state index is 6.25. The average molecular weight is 747 g/mol. The van der Waals surface area contributed by atoms with E-state index in [0.29, 0.717) is 48.5 Å². The molecule has 1 N–H and O–H groups in total. The van der Waals surface area contributed by atoms with Gasteiger partial charge in [0.05, 0.1) is 47.7 Å². The fourth-order valence-electron chi connectivity index (χ4n) is 6.74. The Labute approximate surface area is 323 Å². The molecule has 13 nitrogen and oxygen atoms in total. The fourth-order valence-corrected chi connectivity index (χ4v) is 6.74. The van der Waals surface area contributed by atoms with Gasteiger partial charge < -0.3 is 24.1 Å². The molecule has 0 fully saturated rings. The lowest BCUT2D eigenvalue weighted by Gasteiger charge is -2.27. The normalized spacial score (nSPS) is 13.8. The standard InChI is InChI=1S/C42H54N10O3/c1-7-8-9-10-11-12-13-16-30(2)53-27-34(25-35-26-43-28-50(35)6)31(3)32(4)54-29-55-33(5)51-24-23-46-42(51)47-38-20-19-37-40(45-22-21-44-37)41(38)52-39-18-15-14-17-36(39)48-49-52/h14-15,17-22,26,28,31,34H,2,4-5,7-13,16,23-25,27,29H2,1,3,6H3,(H,46,47)/t31-,34?/m1/s1. The van der Waals surface area contributed by atoms with Gasteiger partial charge in [0.2, 0.25) is 12.8 Å². The SMILES string of the molecule is C=C(CCCCCCCCC)OCC(Cc1cncn1C)[C@H](C)C(=C)OCOC(=C)N1CCN=C1Nc1ccc2nccnc2c1-n1nnc2ccccc21. The molecule has 0 bridgehead atoms. The maximum Gasteiger partial charge on any atom is 0.232 e. The Bertz CT molecular complexity index is 2100. The topological polar surface area (TPSA) is 130 Å². The first-order valence-electron chi connectivity index (χ1n) is 19.4. The van der Waals surface area contributed by atoms with Gasteiger partial charge in [-0.25, -0.2) is 9.67 Å². The number of rotatable bonds is 22. The third kappa shape index (κ3) is 9.88. The number of ether oxygens (including phenoxy) is 3. The second kappa shape index (κ2) is 19.0. The Morgan fingerprint density at radius 1 is 0.927 bits per heavy atom. The molecule has 0 saturated carbocycles. The third-order valence-electron chi connectivity index (χ3n) is 10.2. The smallest absolute Gasteiger partial charge is 0.232 e. The Hall–Kier alpha value is -5.72. The largest absolute Gasteiger partial charge is 0.498 e. The van der Waals surface area contributed by atoms with Crippen molar-refractivity contribution in [1.29, 1.82) is 0 Å². The molecular weight excluding hydrogens is 693 g/mol. The summed E-state index contributed by atoms with van der Waals surface area (Å²) in [5.74, 6) is 2.46. The zero-order chi connectivity index (χ0) is 38.6. The highest BCUT2D eigenvalue weighted by Gasteiger charge is 2.26. The van der Waals surface area contributed by atoms with E-state index in [4.69, 9.17) is 19.2 Å².